The van der Waals surface area contributed by atoms with Crippen molar-refractivity contribution in [3.8, 4) is 0 Å². The van der Waals surface area contributed by atoms with Crippen LogP contribution in [-0.2, 0) is 14.4 Å². The van der Waals surface area contributed by atoms with E-state index in [0.717, 1.165) is 12.8 Å². The molecule has 1 heterocycles. The number of fused-ring (bicyclic) bond motifs is 3. The van der Waals surface area contributed by atoms with Gasteiger partial charge < -0.3 is 14.9 Å². The molecule has 1 N–H and O–H groups in total. The zero-order chi connectivity index (χ0) is 20.9. The van der Waals surface area contributed by atoms with Gasteiger partial charge in [0, 0.05) is 6.04 Å². The number of benzene rings is 1. The molecule has 5 rings (SSSR count). The second-order valence-electron chi connectivity index (χ2n) is 8.95. The predicted octanol–water partition coefficient (Wildman–Crippen LogP) is 2.68. The highest BCUT2D eigenvalue weighted by molar-refractivity contribution is 6.20. The fourth-order valence-electron chi connectivity index (χ4n) is 4.36. The van der Waals surface area contributed by atoms with E-state index in [1.807, 2.05) is 0 Å². The van der Waals surface area contributed by atoms with Gasteiger partial charge in [-0.1, -0.05) is 17.2 Å². The lowest BCUT2D eigenvalue weighted by Gasteiger charge is -2.50. The number of amides is 3. The summed E-state index contributed by atoms with van der Waals surface area (Å²) in [6, 6.07) is 6.16. The Labute approximate surface area is 168 Å². The van der Waals surface area contributed by atoms with Crippen LogP contribution in [0.25, 0.3) is 0 Å². The molecule has 0 radical (unpaired) electrons. The summed E-state index contributed by atoms with van der Waals surface area (Å²) in [6.07, 6.45) is 1.47. The Balaban J connectivity index is 1.40. The van der Waals surface area contributed by atoms with Gasteiger partial charge >= 0.3 is 12.1 Å². The number of hydroxylamine groups is 2. The molecule has 3 aliphatic carbocycles. The molecule has 1 aromatic carbocycles. The van der Waals surface area contributed by atoms with Crippen LogP contribution in [0.5, 0.6) is 0 Å². The van der Waals surface area contributed by atoms with E-state index < -0.39 is 35.4 Å². The molecule has 1 unspecified atom stereocenters. The minimum absolute atomic E-state index is 0.138. The largest absolute Gasteiger partial charge is 0.444 e. The summed E-state index contributed by atoms with van der Waals surface area (Å²) in [5.74, 6) is -1.92. The van der Waals surface area contributed by atoms with Gasteiger partial charge in [-0.05, 0) is 64.0 Å². The minimum Gasteiger partial charge on any atom is -0.444 e. The van der Waals surface area contributed by atoms with Gasteiger partial charge in [0.05, 0.1) is 17.0 Å². The summed E-state index contributed by atoms with van der Waals surface area (Å²) in [7, 11) is 0. The van der Waals surface area contributed by atoms with Gasteiger partial charge in [-0.15, -0.1) is 0 Å². The number of alkyl carbamates (subject to hydrolysis) is 1. The fourth-order valence-corrected chi connectivity index (χ4v) is 4.36. The van der Waals surface area contributed by atoms with Crippen molar-refractivity contribution in [2.75, 3.05) is 0 Å². The van der Waals surface area contributed by atoms with Crippen molar-refractivity contribution in [2.24, 2.45) is 17.8 Å². The van der Waals surface area contributed by atoms with E-state index in [4.69, 9.17) is 9.57 Å². The molecule has 1 aliphatic heterocycles. The van der Waals surface area contributed by atoms with Gasteiger partial charge in [-0.25, -0.2) is 9.59 Å². The SMILES string of the molecule is CC(C)(C)OC(=O)N[C@H]1CC(C(=O)ON2C(=O)c3ccccc3C2=O)C2CC1C2. The van der Waals surface area contributed by atoms with Gasteiger partial charge in [0.15, 0.2) is 0 Å². The molecule has 1 aromatic rings. The maximum atomic E-state index is 12.8. The first-order valence-corrected chi connectivity index (χ1v) is 9.83. The Bertz CT molecular complexity index is 848. The number of rotatable bonds is 3. The Hall–Kier alpha value is -2.90. The molecule has 2 atom stereocenters. The lowest BCUT2D eigenvalue weighted by molar-refractivity contribution is -0.182. The lowest BCUT2D eigenvalue weighted by atomic mass is 9.58. The molecule has 3 fully saturated rings. The third-order valence-corrected chi connectivity index (χ3v) is 5.80. The van der Waals surface area contributed by atoms with Crippen LogP contribution in [0.2, 0.25) is 0 Å². The standard InChI is InChI=1S/C21H24N2O6/c1-21(2,3)28-20(27)22-16-10-15(11-8-12(16)9-11)19(26)29-23-17(24)13-6-4-5-7-14(13)18(23)25/h4-7,11-12,15-16H,8-10H2,1-3H3,(H,22,27)/t11?,12?,15?,16-/m0/s1. The van der Waals surface area contributed by atoms with Gasteiger partial charge in [0.1, 0.15) is 5.60 Å². The van der Waals surface area contributed by atoms with Crippen LogP contribution >= 0.6 is 0 Å². The molecule has 154 valence electrons. The molecule has 0 saturated heterocycles. The van der Waals surface area contributed by atoms with Crippen LogP contribution in [0.1, 0.15) is 60.7 Å². The van der Waals surface area contributed by atoms with E-state index in [2.05, 4.69) is 5.32 Å². The highest BCUT2D eigenvalue weighted by Gasteiger charge is 2.51. The average molecular weight is 400 g/mol. The average Bonchev–Trinajstić information content (AvgIpc) is 2.84. The number of nitrogens with one attached hydrogen (secondary N) is 1. The number of ether oxygens (including phenoxy) is 1. The lowest BCUT2D eigenvalue weighted by Crippen LogP contribution is -2.56. The second kappa shape index (κ2) is 6.86. The molecule has 3 amide bonds. The van der Waals surface area contributed by atoms with Gasteiger partial charge in [-0.3, -0.25) is 9.59 Å². The maximum absolute atomic E-state index is 12.8. The fraction of sp³-hybridized carbons (Fsp3) is 0.524. The van der Waals surface area contributed by atoms with Crippen molar-refractivity contribution < 1.29 is 28.8 Å². The Morgan fingerprint density at radius 1 is 1.00 bits per heavy atom. The Morgan fingerprint density at radius 3 is 2.14 bits per heavy atom. The quantitative estimate of drug-likeness (QED) is 0.783. The van der Waals surface area contributed by atoms with Crippen molar-refractivity contribution >= 4 is 23.9 Å². The van der Waals surface area contributed by atoms with Gasteiger partial charge in [0.2, 0.25) is 0 Å². The highest BCUT2D eigenvalue weighted by atomic mass is 16.7. The van der Waals surface area contributed by atoms with Crippen LogP contribution in [0.15, 0.2) is 24.3 Å². The summed E-state index contributed by atoms with van der Waals surface area (Å²) < 4.78 is 5.31. The zero-order valence-corrected chi connectivity index (χ0v) is 16.6. The highest BCUT2D eigenvalue weighted by Crippen LogP contribution is 2.49. The Kier molecular flexibility index (Phi) is 4.59. The molecule has 29 heavy (non-hydrogen) atoms. The topological polar surface area (TPSA) is 102 Å². The molecule has 8 nitrogen and oxygen atoms in total. The number of nitrogens with zero attached hydrogens (tertiary/aromatic N) is 1. The normalized spacial score (nSPS) is 27.8. The van der Waals surface area contributed by atoms with Gasteiger partial charge in [0.25, 0.3) is 11.8 Å². The third-order valence-electron chi connectivity index (χ3n) is 5.80. The smallest absolute Gasteiger partial charge is 0.407 e. The number of hydrogen-bond acceptors (Lipinski definition) is 6. The van der Waals surface area contributed by atoms with Crippen molar-refractivity contribution in [1.29, 1.82) is 0 Å². The first-order chi connectivity index (χ1) is 13.6. The molecule has 0 aromatic heterocycles. The van der Waals surface area contributed by atoms with Crippen molar-refractivity contribution in [3.63, 3.8) is 0 Å². The van der Waals surface area contributed by atoms with Crippen molar-refractivity contribution in [1.82, 2.24) is 10.4 Å². The molecule has 3 saturated carbocycles. The first-order valence-electron chi connectivity index (χ1n) is 9.83. The van der Waals surface area contributed by atoms with E-state index in [-0.39, 0.29) is 23.1 Å². The predicted molar refractivity (Wildman–Crippen MR) is 101 cm³/mol. The summed E-state index contributed by atoms with van der Waals surface area (Å²) >= 11 is 0. The molecule has 2 bridgehead atoms. The minimum atomic E-state index is -0.635. The van der Waals surface area contributed by atoms with Crippen LogP contribution in [-0.4, -0.2) is 40.6 Å². The third kappa shape index (κ3) is 3.59. The van der Waals surface area contributed by atoms with E-state index in [9.17, 15) is 19.2 Å². The molecule has 4 aliphatic rings. The number of carbonyl (C=O) groups is 4. The molecular weight excluding hydrogens is 376 g/mol. The summed E-state index contributed by atoms with van der Waals surface area (Å²) in [5.41, 5.74) is -0.158. The molecule has 0 spiro atoms. The first kappa shape index (κ1) is 19.4. The number of hydrogen-bond donors (Lipinski definition) is 1. The van der Waals surface area contributed by atoms with Crippen LogP contribution < -0.4 is 5.32 Å². The molecular formula is C21H24N2O6. The van der Waals surface area contributed by atoms with Crippen molar-refractivity contribution in [2.45, 2.75) is 51.7 Å². The van der Waals surface area contributed by atoms with Crippen LogP contribution in [0.3, 0.4) is 0 Å². The second-order valence-corrected chi connectivity index (χ2v) is 8.95. The van der Waals surface area contributed by atoms with E-state index in [1.54, 1.807) is 32.9 Å². The zero-order valence-electron chi connectivity index (χ0n) is 16.6. The maximum Gasteiger partial charge on any atom is 0.407 e. The van der Waals surface area contributed by atoms with Crippen molar-refractivity contribution in [3.05, 3.63) is 35.4 Å². The van der Waals surface area contributed by atoms with Crippen LogP contribution in [0.4, 0.5) is 4.79 Å². The van der Waals surface area contributed by atoms with Crippen LogP contribution in [0, 0.1) is 17.8 Å². The summed E-state index contributed by atoms with van der Waals surface area (Å²) in [4.78, 5) is 55.0. The van der Waals surface area contributed by atoms with Gasteiger partial charge in [-0.2, -0.15) is 0 Å². The van der Waals surface area contributed by atoms with E-state index in [0.29, 0.717) is 17.4 Å². The Morgan fingerprint density at radius 2 is 1.59 bits per heavy atom. The summed E-state index contributed by atoms with van der Waals surface area (Å²) in [5, 5.41) is 3.41. The summed E-state index contributed by atoms with van der Waals surface area (Å²) in [6.45, 7) is 5.36. The van der Waals surface area contributed by atoms with E-state index in [1.165, 1.54) is 12.1 Å². The number of imide groups is 1. The molecule has 8 heteroatoms. The van der Waals surface area contributed by atoms with E-state index >= 15 is 0 Å². The number of carbonyl (C=O) groups excluding carboxylic acids is 4. The monoisotopic (exact) mass is 400 g/mol.